The van der Waals surface area contributed by atoms with Crippen LogP contribution in [0, 0.1) is 5.82 Å². The summed E-state index contributed by atoms with van der Waals surface area (Å²) >= 11 is 3.13. The molecule has 1 atom stereocenters. The van der Waals surface area contributed by atoms with Crippen LogP contribution in [-0.4, -0.2) is 29.4 Å². The molecule has 0 spiro atoms. The van der Waals surface area contributed by atoms with Gasteiger partial charge in [-0.3, -0.25) is 4.79 Å². The van der Waals surface area contributed by atoms with Crippen LogP contribution < -0.4 is 0 Å². The van der Waals surface area contributed by atoms with Gasteiger partial charge < -0.3 is 14.4 Å². The van der Waals surface area contributed by atoms with E-state index < -0.39 is 35.9 Å². The number of rotatable bonds is 4. The van der Waals surface area contributed by atoms with Crippen molar-refractivity contribution in [1.82, 2.24) is 0 Å². The van der Waals surface area contributed by atoms with Gasteiger partial charge in [-0.05, 0) is 61.3 Å². The van der Waals surface area contributed by atoms with Crippen LogP contribution >= 0.6 is 15.9 Å². The van der Waals surface area contributed by atoms with Gasteiger partial charge in [0.2, 0.25) is 0 Å². The monoisotopic (exact) mass is 372 g/mol. The summed E-state index contributed by atoms with van der Waals surface area (Å²) in [6.45, 7) is 7.63. The Morgan fingerprint density at radius 1 is 1.32 bits per heavy atom. The maximum Gasteiger partial charge on any atom is 0.466 e. The highest BCUT2D eigenvalue weighted by Gasteiger charge is 2.54. The lowest BCUT2D eigenvalue weighted by Gasteiger charge is -2.32. The van der Waals surface area contributed by atoms with Crippen LogP contribution in [0.25, 0.3) is 0 Å². The Bertz CT molecular complexity index is 575. The highest BCUT2D eigenvalue weighted by atomic mass is 79.9. The largest absolute Gasteiger partial charge is 0.481 e. The highest BCUT2D eigenvalue weighted by Crippen LogP contribution is 2.42. The molecule has 1 fully saturated rings. The molecule has 0 radical (unpaired) electrons. The average Bonchev–Trinajstić information content (AvgIpc) is 2.59. The fourth-order valence-electron chi connectivity index (χ4n) is 2.36. The molecule has 0 bridgehead atoms. The molecule has 0 amide bonds. The molecule has 120 valence electrons. The first-order chi connectivity index (χ1) is 10.0. The van der Waals surface area contributed by atoms with E-state index in [1.54, 1.807) is 12.1 Å². The number of benzene rings is 1. The van der Waals surface area contributed by atoms with Crippen molar-refractivity contribution in [2.75, 3.05) is 0 Å². The molecule has 2 rings (SSSR count). The van der Waals surface area contributed by atoms with Gasteiger partial charge in [-0.1, -0.05) is 6.07 Å². The minimum atomic E-state index is -0.958. The standard InChI is InChI=1S/C15H19BBrFO4/c1-14(2)15(3,4)22-16(21-14)10(8-13(19)20)9-5-6-12(18)11(17)7-9/h5-7,10H,8H2,1-4H3,(H,19,20). The Kier molecular flexibility index (Phi) is 4.71. The van der Waals surface area contributed by atoms with E-state index in [0.29, 0.717) is 5.56 Å². The molecule has 1 N–H and O–H groups in total. The minimum Gasteiger partial charge on any atom is -0.481 e. The summed E-state index contributed by atoms with van der Waals surface area (Å²) in [4.78, 5) is 11.2. The smallest absolute Gasteiger partial charge is 0.466 e. The Hall–Kier alpha value is -0.915. The molecule has 0 aromatic heterocycles. The molecule has 4 nitrogen and oxygen atoms in total. The van der Waals surface area contributed by atoms with Crippen molar-refractivity contribution in [3.63, 3.8) is 0 Å². The summed E-state index contributed by atoms with van der Waals surface area (Å²) in [7, 11) is -0.696. The van der Waals surface area contributed by atoms with Gasteiger partial charge in [0.05, 0.1) is 22.1 Å². The second-order valence-electron chi connectivity index (χ2n) is 6.50. The van der Waals surface area contributed by atoms with E-state index in [1.165, 1.54) is 6.07 Å². The summed E-state index contributed by atoms with van der Waals surface area (Å²) in [5.41, 5.74) is -0.439. The number of halogens is 2. The molecule has 1 unspecified atom stereocenters. The SMILES string of the molecule is CC1(C)OB(C(CC(=O)O)c2ccc(F)c(Br)c2)OC1(C)C. The molecule has 1 aromatic carbocycles. The zero-order valence-corrected chi connectivity index (χ0v) is 14.6. The summed E-state index contributed by atoms with van der Waals surface area (Å²) in [5, 5.41) is 9.19. The topological polar surface area (TPSA) is 55.8 Å². The first-order valence-corrected chi connectivity index (χ1v) is 7.85. The fourth-order valence-corrected chi connectivity index (χ4v) is 2.75. The minimum absolute atomic E-state index is 0.158. The van der Waals surface area contributed by atoms with Crippen LogP contribution in [0.1, 0.15) is 45.5 Å². The number of hydrogen-bond acceptors (Lipinski definition) is 3. The quantitative estimate of drug-likeness (QED) is 0.817. The predicted octanol–water partition coefficient (Wildman–Crippen LogP) is 3.78. The van der Waals surface area contributed by atoms with Crippen molar-refractivity contribution in [3.8, 4) is 0 Å². The third kappa shape index (κ3) is 3.36. The summed E-state index contributed by atoms with van der Waals surface area (Å²) in [6.07, 6.45) is -0.158. The molecule has 22 heavy (non-hydrogen) atoms. The second-order valence-corrected chi connectivity index (χ2v) is 7.36. The van der Waals surface area contributed by atoms with Crippen LogP contribution in [0.2, 0.25) is 0 Å². The lowest BCUT2D eigenvalue weighted by molar-refractivity contribution is -0.137. The van der Waals surface area contributed by atoms with Crippen molar-refractivity contribution < 1.29 is 23.6 Å². The Morgan fingerprint density at radius 3 is 2.32 bits per heavy atom. The number of carboxylic acids is 1. The lowest BCUT2D eigenvalue weighted by Crippen LogP contribution is -2.41. The van der Waals surface area contributed by atoms with Crippen molar-refractivity contribution in [3.05, 3.63) is 34.1 Å². The molecular weight excluding hydrogens is 354 g/mol. The molecule has 0 aliphatic carbocycles. The summed E-state index contributed by atoms with van der Waals surface area (Å²) < 4.78 is 25.6. The van der Waals surface area contributed by atoms with Crippen LogP contribution in [-0.2, 0) is 14.1 Å². The molecule has 1 aliphatic rings. The first-order valence-electron chi connectivity index (χ1n) is 7.06. The molecule has 0 saturated carbocycles. The summed E-state index contributed by atoms with van der Waals surface area (Å²) in [6, 6.07) is 4.45. The Balaban J connectivity index is 2.35. The Morgan fingerprint density at radius 2 is 1.86 bits per heavy atom. The maximum absolute atomic E-state index is 13.4. The van der Waals surface area contributed by atoms with Crippen molar-refractivity contribution in [2.45, 2.75) is 51.1 Å². The van der Waals surface area contributed by atoms with Crippen LogP contribution in [0.5, 0.6) is 0 Å². The molecule has 1 aromatic rings. The predicted molar refractivity (Wildman–Crippen MR) is 85.2 cm³/mol. The van der Waals surface area contributed by atoms with Gasteiger partial charge in [0, 0.05) is 5.82 Å². The maximum atomic E-state index is 13.4. The van der Waals surface area contributed by atoms with Crippen LogP contribution in [0.15, 0.2) is 22.7 Å². The van der Waals surface area contributed by atoms with Gasteiger partial charge in [-0.2, -0.15) is 0 Å². The van der Waals surface area contributed by atoms with Crippen LogP contribution in [0.3, 0.4) is 0 Å². The number of carbonyl (C=O) groups is 1. The number of hydrogen-bond donors (Lipinski definition) is 1. The zero-order chi connectivity index (χ0) is 16.7. The van der Waals surface area contributed by atoms with Gasteiger partial charge in [-0.25, -0.2) is 4.39 Å². The zero-order valence-electron chi connectivity index (χ0n) is 13.0. The van der Waals surface area contributed by atoms with Gasteiger partial charge in [0.15, 0.2) is 0 Å². The third-order valence-electron chi connectivity index (χ3n) is 4.37. The van der Waals surface area contributed by atoms with E-state index in [1.807, 2.05) is 27.7 Å². The van der Waals surface area contributed by atoms with E-state index in [2.05, 4.69) is 15.9 Å². The second kappa shape index (κ2) is 5.94. The van der Waals surface area contributed by atoms with Crippen molar-refractivity contribution in [2.24, 2.45) is 0 Å². The van der Waals surface area contributed by atoms with Gasteiger partial charge in [0.25, 0.3) is 0 Å². The van der Waals surface area contributed by atoms with Gasteiger partial charge >= 0.3 is 13.1 Å². The van der Waals surface area contributed by atoms with E-state index >= 15 is 0 Å². The van der Waals surface area contributed by atoms with Crippen molar-refractivity contribution in [1.29, 1.82) is 0 Å². The molecule has 1 aliphatic heterocycles. The number of carboxylic acid groups (broad SMARTS) is 1. The van der Waals surface area contributed by atoms with Crippen LogP contribution in [0.4, 0.5) is 4.39 Å². The molecule has 7 heteroatoms. The highest BCUT2D eigenvalue weighted by molar-refractivity contribution is 9.10. The third-order valence-corrected chi connectivity index (χ3v) is 4.97. The van der Waals surface area contributed by atoms with E-state index in [0.717, 1.165) is 0 Å². The fraction of sp³-hybridized carbons (Fsp3) is 0.533. The van der Waals surface area contributed by atoms with Crippen molar-refractivity contribution >= 4 is 29.0 Å². The van der Waals surface area contributed by atoms with Gasteiger partial charge in [0.1, 0.15) is 5.82 Å². The van der Waals surface area contributed by atoms with E-state index in [9.17, 15) is 14.3 Å². The first kappa shape index (κ1) is 17.4. The molecule has 1 saturated heterocycles. The normalized spacial score (nSPS) is 20.9. The van der Waals surface area contributed by atoms with E-state index in [4.69, 9.17) is 9.31 Å². The van der Waals surface area contributed by atoms with Gasteiger partial charge in [-0.15, -0.1) is 0 Å². The summed E-state index contributed by atoms with van der Waals surface area (Å²) in [5.74, 6) is -1.87. The Labute approximate surface area is 138 Å². The van der Waals surface area contributed by atoms with E-state index in [-0.39, 0.29) is 10.9 Å². The molecule has 1 heterocycles. The lowest BCUT2D eigenvalue weighted by atomic mass is 9.66. The molecular formula is C15H19BBrFO4. The number of aliphatic carboxylic acids is 1. The average molecular weight is 373 g/mol.